The fourth-order valence-electron chi connectivity index (χ4n) is 4.63. The molecule has 4 heteroatoms. The number of benzene rings is 2. The van der Waals surface area contributed by atoms with E-state index < -0.39 is 0 Å². The number of carbonyl (C=O) groups excluding carboxylic acids is 2. The SMILES string of the molecule is CSc1ccc(C2CC(=O)N(c3ccccc3C)C3=C2C(=O)CC(C)(C)C3)cc1. The van der Waals surface area contributed by atoms with Crippen LogP contribution in [0.3, 0.4) is 0 Å². The van der Waals surface area contributed by atoms with Gasteiger partial charge in [-0.2, -0.15) is 0 Å². The largest absolute Gasteiger partial charge is 0.294 e. The smallest absolute Gasteiger partial charge is 0.232 e. The number of carbonyl (C=O) groups is 2. The Morgan fingerprint density at radius 2 is 1.69 bits per heavy atom. The number of rotatable bonds is 3. The van der Waals surface area contributed by atoms with Gasteiger partial charge in [-0.3, -0.25) is 14.5 Å². The van der Waals surface area contributed by atoms with E-state index in [9.17, 15) is 9.59 Å². The number of hydrogen-bond acceptors (Lipinski definition) is 3. The van der Waals surface area contributed by atoms with E-state index >= 15 is 0 Å². The summed E-state index contributed by atoms with van der Waals surface area (Å²) >= 11 is 1.69. The summed E-state index contributed by atoms with van der Waals surface area (Å²) < 4.78 is 0. The predicted octanol–water partition coefficient (Wildman–Crippen LogP) is 5.88. The van der Waals surface area contributed by atoms with Crippen molar-refractivity contribution in [1.29, 1.82) is 0 Å². The first-order chi connectivity index (χ1) is 13.8. The van der Waals surface area contributed by atoms with Crippen LogP contribution in [-0.2, 0) is 9.59 Å². The highest BCUT2D eigenvalue weighted by Gasteiger charge is 2.44. The molecule has 0 radical (unpaired) electrons. The number of Topliss-reactive ketones (excluding diaryl/α,β-unsaturated/α-hetero) is 1. The molecule has 1 aliphatic heterocycles. The molecular formula is C25H27NO2S. The summed E-state index contributed by atoms with van der Waals surface area (Å²) in [5.74, 6) is 0.0982. The fourth-order valence-corrected chi connectivity index (χ4v) is 5.04. The van der Waals surface area contributed by atoms with Gasteiger partial charge in [0.05, 0.1) is 5.69 Å². The quantitative estimate of drug-likeness (QED) is 0.598. The van der Waals surface area contributed by atoms with Crippen molar-refractivity contribution in [3.05, 3.63) is 70.9 Å². The topological polar surface area (TPSA) is 37.4 Å². The third-order valence-electron chi connectivity index (χ3n) is 6.02. The highest BCUT2D eigenvalue weighted by molar-refractivity contribution is 7.98. The molecule has 2 aromatic carbocycles. The Morgan fingerprint density at radius 3 is 2.34 bits per heavy atom. The summed E-state index contributed by atoms with van der Waals surface area (Å²) in [5, 5.41) is 0. The van der Waals surface area contributed by atoms with Crippen LogP contribution in [0.25, 0.3) is 0 Å². The van der Waals surface area contributed by atoms with E-state index in [-0.39, 0.29) is 23.0 Å². The molecule has 150 valence electrons. The van der Waals surface area contributed by atoms with Crippen LogP contribution in [0.15, 0.2) is 64.7 Å². The lowest BCUT2D eigenvalue weighted by atomic mass is 9.69. The average Bonchev–Trinajstić information content (AvgIpc) is 2.67. The lowest BCUT2D eigenvalue weighted by Crippen LogP contribution is -2.44. The van der Waals surface area contributed by atoms with Crippen molar-refractivity contribution in [2.24, 2.45) is 5.41 Å². The molecule has 2 aromatic rings. The Labute approximate surface area is 177 Å². The van der Waals surface area contributed by atoms with Crippen LogP contribution in [0.4, 0.5) is 5.69 Å². The predicted molar refractivity (Wildman–Crippen MR) is 119 cm³/mol. The van der Waals surface area contributed by atoms with E-state index in [1.165, 1.54) is 4.90 Å². The van der Waals surface area contributed by atoms with Crippen LogP contribution < -0.4 is 4.90 Å². The standard InChI is InChI=1S/C25H27NO2S/c1-16-7-5-6-8-20(16)26-21-14-25(2,3)15-22(27)24(21)19(13-23(26)28)17-9-11-18(29-4)12-10-17/h5-12,19H,13-15H2,1-4H3. The normalized spacial score (nSPS) is 21.4. The number of aryl methyl sites for hydroxylation is 1. The van der Waals surface area contributed by atoms with Crippen LogP contribution >= 0.6 is 11.8 Å². The fraction of sp³-hybridized carbons (Fsp3) is 0.360. The molecule has 0 N–H and O–H groups in total. The van der Waals surface area contributed by atoms with Gasteiger partial charge in [-0.1, -0.05) is 44.2 Å². The molecule has 0 bridgehead atoms. The minimum Gasteiger partial charge on any atom is -0.294 e. The second-order valence-corrected chi connectivity index (χ2v) is 9.73. The first kappa shape index (κ1) is 20.0. The van der Waals surface area contributed by atoms with Gasteiger partial charge in [0.1, 0.15) is 0 Å². The molecule has 1 aliphatic carbocycles. The minimum atomic E-state index is -0.155. The Morgan fingerprint density at radius 1 is 1.00 bits per heavy atom. The van der Waals surface area contributed by atoms with Gasteiger partial charge < -0.3 is 0 Å². The Kier molecular flexibility index (Phi) is 5.16. The van der Waals surface area contributed by atoms with Crippen LogP contribution in [0.5, 0.6) is 0 Å². The van der Waals surface area contributed by atoms with Crippen molar-refractivity contribution in [2.45, 2.75) is 50.8 Å². The molecule has 0 saturated carbocycles. The highest BCUT2D eigenvalue weighted by Crippen LogP contribution is 2.48. The van der Waals surface area contributed by atoms with Crippen LogP contribution in [0, 0.1) is 12.3 Å². The monoisotopic (exact) mass is 405 g/mol. The summed E-state index contributed by atoms with van der Waals surface area (Å²) in [6, 6.07) is 16.2. The minimum absolute atomic E-state index is 0.0718. The second kappa shape index (κ2) is 7.49. The summed E-state index contributed by atoms with van der Waals surface area (Å²) in [4.78, 5) is 29.7. The van der Waals surface area contributed by atoms with E-state index in [1.807, 2.05) is 42.3 Å². The number of thioether (sulfide) groups is 1. The molecule has 1 unspecified atom stereocenters. The van der Waals surface area contributed by atoms with Gasteiger partial charge in [0.2, 0.25) is 5.91 Å². The number of allylic oxidation sites excluding steroid dienone is 2. The van der Waals surface area contributed by atoms with Gasteiger partial charge in [0.15, 0.2) is 5.78 Å². The summed E-state index contributed by atoms with van der Waals surface area (Å²) in [6.07, 6.45) is 3.64. The lowest BCUT2D eigenvalue weighted by Gasteiger charge is -2.43. The molecule has 0 aromatic heterocycles. The van der Waals surface area contributed by atoms with Crippen molar-refractivity contribution in [2.75, 3.05) is 11.2 Å². The van der Waals surface area contributed by atoms with E-state index in [4.69, 9.17) is 0 Å². The number of amides is 1. The second-order valence-electron chi connectivity index (χ2n) is 8.85. The van der Waals surface area contributed by atoms with Gasteiger partial charge >= 0.3 is 0 Å². The Bertz CT molecular complexity index is 1000. The van der Waals surface area contributed by atoms with Crippen molar-refractivity contribution in [1.82, 2.24) is 0 Å². The number of ketones is 1. The van der Waals surface area contributed by atoms with Gasteiger partial charge in [0, 0.05) is 34.9 Å². The zero-order valence-electron chi connectivity index (χ0n) is 17.5. The molecule has 0 saturated heterocycles. The molecule has 29 heavy (non-hydrogen) atoms. The molecule has 1 amide bonds. The molecule has 1 heterocycles. The summed E-state index contributed by atoms with van der Waals surface area (Å²) in [5.41, 5.74) is 4.58. The third kappa shape index (κ3) is 3.66. The zero-order valence-corrected chi connectivity index (χ0v) is 18.3. The van der Waals surface area contributed by atoms with Crippen molar-refractivity contribution in [3.8, 4) is 0 Å². The maximum atomic E-state index is 13.4. The summed E-state index contributed by atoms with van der Waals surface area (Å²) in [6.45, 7) is 6.25. The van der Waals surface area contributed by atoms with Crippen LogP contribution in [-0.4, -0.2) is 17.9 Å². The van der Waals surface area contributed by atoms with E-state index in [0.29, 0.717) is 12.8 Å². The van der Waals surface area contributed by atoms with E-state index in [2.05, 4.69) is 38.1 Å². The number of anilines is 1. The van der Waals surface area contributed by atoms with E-state index in [0.717, 1.165) is 34.5 Å². The molecule has 4 rings (SSSR count). The maximum absolute atomic E-state index is 13.4. The number of nitrogens with zero attached hydrogens (tertiary/aromatic N) is 1. The molecule has 2 aliphatic rings. The van der Waals surface area contributed by atoms with Crippen molar-refractivity contribution in [3.63, 3.8) is 0 Å². The first-order valence-corrected chi connectivity index (χ1v) is 11.3. The van der Waals surface area contributed by atoms with Crippen LogP contribution in [0.1, 0.15) is 50.2 Å². The van der Waals surface area contributed by atoms with Crippen molar-refractivity contribution >= 4 is 29.1 Å². The molecular weight excluding hydrogens is 378 g/mol. The van der Waals surface area contributed by atoms with Gasteiger partial charge in [-0.05, 0) is 54.3 Å². The number of para-hydroxylation sites is 1. The molecule has 0 spiro atoms. The third-order valence-corrected chi connectivity index (χ3v) is 6.76. The van der Waals surface area contributed by atoms with Gasteiger partial charge in [-0.15, -0.1) is 11.8 Å². The van der Waals surface area contributed by atoms with Gasteiger partial charge in [0.25, 0.3) is 0 Å². The first-order valence-electron chi connectivity index (χ1n) is 10.1. The molecule has 1 atom stereocenters. The Balaban J connectivity index is 1.88. The zero-order chi connectivity index (χ0) is 20.8. The Hall–Kier alpha value is -2.33. The van der Waals surface area contributed by atoms with Crippen molar-refractivity contribution < 1.29 is 9.59 Å². The van der Waals surface area contributed by atoms with Gasteiger partial charge in [-0.25, -0.2) is 0 Å². The summed E-state index contributed by atoms with van der Waals surface area (Å²) in [7, 11) is 0. The maximum Gasteiger partial charge on any atom is 0.232 e. The lowest BCUT2D eigenvalue weighted by molar-refractivity contribution is -0.121. The molecule has 3 nitrogen and oxygen atoms in total. The van der Waals surface area contributed by atoms with Crippen LogP contribution in [0.2, 0.25) is 0 Å². The average molecular weight is 406 g/mol. The molecule has 0 fully saturated rings. The van der Waals surface area contributed by atoms with E-state index in [1.54, 1.807) is 11.8 Å². The highest BCUT2D eigenvalue weighted by atomic mass is 32.2. The number of hydrogen-bond donors (Lipinski definition) is 0.